The summed E-state index contributed by atoms with van der Waals surface area (Å²) < 4.78 is 10.4. The van der Waals surface area contributed by atoms with Crippen molar-refractivity contribution in [2.45, 2.75) is 13.0 Å². The van der Waals surface area contributed by atoms with Crippen molar-refractivity contribution in [2.24, 2.45) is 0 Å². The van der Waals surface area contributed by atoms with Gasteiger partial charge in [0.25, 0.3) is 5.91 Å². The van der Waals surface area contributed by atoms with Crippen LogP contribution in [0.4, 0.5) is 0 Å². The molecule has 1 aliphatic rings. The maximum Gasteiger partial charge on any atom is 0.254 e. The minimum Gasteiger partial charge on any atom is -0.493 e. The molecule has 0 radical (unpaired) electrons. The van der Waals surface area contributed by atoms with E-state index in [9.17, 15) is 4.79 Å². The number of likely N-dealkylation sites (N-methyl/N-ethyl adjacent to an activating group) is 1. The molecule has 1 fully saturated rings. The Labute approximate surface area is 113 Å². The van der Waals surface area contributed by atoms with E-state index in [0.29, 0.717) is 29.6 Å². The highest BCUT2D eigenvalue weighted by Crippen LogP contribution is 2.28. The molecule has 5 heteroatoms. The lowest BCUT2D eigenvalue weighted by Crippen LogP contribution is -2.58. The van der Waals surface area contributed by atoms with Gasteiger partial charge in [0, 0.05) is 25.2 Å². The average molecular weight is 264 g/mol. The summed E-state index contributed by atoms with van der Waals surface area (Å²) in [5.74, 6) is 1.25. The first-order valence-electron chi connectivity index (χ1n) is 6.45. The van der Waals surface area contributed by atoms with Crippen molar-refractivity contribution in [3.8, 4) is 11.5 Å². The van der Waals surface area contributed by atoms with Crippen molar-refractivity contribution in [1.82, 2.24) is 10.2 Å². The van der Waals surface area contributed by atoms with Crippen LogP contribution in [0.15, 0.2) is 18.2 Å². The number of rotatable bonds is 5. The molecule has 0 spiro atoms. The van der Waals surface area contributed by atoms with Crippen LogP contribution in [-0.2, 0) is 0 Å². The summed E-state index contributed by atoms with van der Waals surface area (Å²) in [6.45, 7) is 4.44. The predicted molar refractivity (Wildman–Crippen MR) is 72.9 cm³/mol. The van der Waals surface area contributed by atoms with Crippen LogP contribution < -0.4 is 14.8 Å². The average Bonchev–Trinajstić information content (AvgIpc) is 2.40. The lowest BCUT2D eigenvalue weighted by molar-refractivity contribution is 0.0630. The van der Waals surface area contributed by atoms with Crippen LogP contribution in [0.3, 0.4) is 0 Å². The molecule has 1 saturated heterocycles. The molecule has 0 aromatic heterocycles. The number of nitrogens with zero attached hydrogens (tertiary/aromatic N) is 1. The quantitative estimate of drug-likeness (QED) is 0.866. The monoisotopic (exact) mass is 264 g/mol. The Morgan fingerprint density at radius 2 is 2.00 bits per heavy atom. The van der Waals surface area contributed by atoms with Gasteiger partial charge in [0.15, 0.2) is 11.5 Å². The first-order chi connectivity index (χ1) is 9.21. The van der Waals surface area contributed by atoms with Crippen molar-refractivity contribution in [3.63, 3.8) is 0 Å². The molecule has 1 aliphatic heterocycles. The van der Waals surface area contributed by atoms with Gasteiger partial charge in [-0.15, -0.1) is 0 Å². The van der Waals surface area contributed by atoms with E-state index < -0.39 is 0 Å². The molecule has 0 bridgehead atoms. The Balaban J connectivity index is 2.22. The van der Waals surface area contributed by atoms with Crippen LogP contribution >= 0.6 is 0 Å². The molecule has 1 heterocycles. The Hall–Kier alpha value is -1.75. The van der Waals surface area contributed by atoms with Gasteiger partial charge in [-0.1, -0.05) is 0 Å². The Morgan fingerprint density at radius 3 is 2.47 bits per heavy atom. The van der Waals surface area contributed by atoms with Gasteiger partial charge < -0.3 is 19.7 Å². The lowest BCUT2D eigenvalue weighted by Gasteiger charge is -2.37. The molecular weight excluding hydrogens is 244 g/mol. The highest BCUT2D eigenvalue weighted by Gasteiger charge is 2.28. The van der Waals surface area contributed by atoms with Gasteiger partial charge in [0.05, 0.1) is 20.3 Å². The molecule has 1 amide bonds. The van der Waals surface area contributed by atoms with Gasteiger partial charge in [-0.25, -0.2) is 0 Å². The van der Waals surface area contributed by atoms with E-state index in [1.807, 2.05) is 11.8 Å². The minimum atomic E-state index is 0.0370. The third kappa shape index (κ3) is 2.66. The number of hydrogen-bond donors (Lipinski definition) is 1. The molecular formula is C14H20N2O3. The van der Waals surface area contributed by atoms with Crippen LogP contribution in [0.5, 0.6) is 11.5 Å². The minimum absolute atomic E-state index is 0.0370. The largest absolute Gasteiger partial charge is 0.493 e. The molecule has 1 aromatic carbocycles. The molecule has 19 heavy (non-hydrogen) atoms. The summed E-state index contributed by atoms with van der Waals surface area (Å²) >= 11 is 0. The Bertz CT molecular complexity index is 458. The zero-order valence-corrected chi connectivity index (χ0v) is 11.6. The van der Waals surface area contributed by atoms with Crippen LogP contribution in [0.25, 0.3) is 0 Å². The number of carbonyl (C=O) groups excluding carboxylic acids is 1. The fourth-order valence-corrected chi connectivity index (χ4v) is 2.20. The second kappa shape index (κ2) is 5.93. The van der Waals surface area contributed by atoms with Crippen molar-refractivity contribution >= 4 is 5.91 Å². The fourth-order valence-electron chi connectivity index (χ4n) is 2.20. The smallest absolute Gasteiger partial charge is 0.254 e. The van der Waals surface area contributed by atoms with E-state index in [4.69, 9.17) is 9.47 Å². The van der Waals surface area contributed by atoms with E-state index >= 15 is 0 Å². The van der Waals surface area contributed by atoms with Gasteiger partial charge >= 0.3 is 0 Å². The maximum atomic E-state index is 12.5. The molecule has 0 aliphatic carbocycles. The fraction of sp³-hybridized carbons (Fsp3) is 0.500. The SMILES string of the molecule is CCN(C(=O)c1ccc(OC)c(OC)c1)C1CNC1. The van der Waals surface area contributed by atoms with E-state index in [1.165, 1.54) is 0 Å². The molecule has 0 unspecified atom stereocenters. The van der Waals surface area contributed by atoms with Gasteiger partial charge in [0.2, 0.25) is 0 Å². The second-order valence-corrected chi connectivity index (χ2v) is 4.47. The van der Waals surface area contributed by atoms with E-state index in [1.54, 1.807) is 32.4 Å². The standard InChI is InChI=1S/C14H20N2O3/c1-4-16(11-8-15-9-11)14(17)10-5-6-12(18-2)13(7-10)19-3/h5-7,11,15H,4,8-9H2,1-3H3. The number of benzene rings is 1. The molecule has 1 aromatic rings. The molecule has 2 rings (SSSR count). The molecule has 104 valence electrons. The number of carbonyl (C=O) groups is 1. The van der Waals surface area contributed by atoms with Crippen molar-refractivity contribution in [1.29, 1.82) is 0 Å². The number of ether oxygens (including phenoxy) is 2. The van der Waals surface area contributed by atoms with Gasteiger partial charge in [-0.05, 0) is 25.1 Å². The molecule has 0 saturated carbocycles. The number of methoxy groups -OCH3 is 2. The van der Waals surface area contributed by atoms with Crippen molar-refractivity contribution < 1.29 is 14.3 Å². The highest BCUT2D eigenvalue weighted by molar-refractivity contribution is 5.95. The lowest BCUT2D eigenvalue weighted by atomic mass is 10.1. The van der Waals surface area contributed by atoms with Crippen LogP contribution in [-0.4, -0.2) is 50.7 Å². The third-order valence-electron chi connectivity index (χ3n) is 3.43. The Morgan fingerprint density at radius 1 is 1.32 bits per heavy atom. The third-order valence-corrected chi connectivity index (χ3v) is 3.43. The van der Waals surface area contributed by atoms with E-state index in [0.717, 1.165) is 13.1 Å². The summed E-state index contributed by atoms with van der Waals surface area (Å²) in [5.41, 5.74) is 0.631. The Kier molecular flexibility index (Phi) is 4.27. The van der Waals surface area contributed by atoms with Crippen LogP contribution in [0.2, 0.25) is 0 Å². The topological polar surface area (TPSA) is 50.8 Å². The maximum absolute atomic E-state index is 12.5. The summed E-state index contributed by atoms with van der Waals surface area (Å²) in [7, 11) is 3.15. The molecule has 1 N–H and O–H groups in total. The second-order valence-electron chi connectivity index (χ2n) is 4.47. The summed E-state index contributed by atoms with van der Waals surface area (Å²) in [4.78, 5) is 14.4. The highest BCUT2D eigenvalue weighted by atomic mass is 16.5. The zero-order valence-electron chi connectivity index (χ0n) is 11.6. The number of amides is 1. The normalized spacial score (nSPS) is 14.7. The van der Waals surface area contributed by atoms with Crippen LogP contribution in [0.1, 0.15) is 17.3 Å². The van der Waals surface area contributed by atoms with Gasteiger partial charge in [0.1, 0.15) is 0 Å². The predicted octanol–water partition coefficient (Wildman–Crippen LogP) is 1.14. The summed E-state index contributed by atoms with van der Waals surface area (Å²) in [6, 6.07) is 5.57. The van der Waals surface area contributed by atoms with Crippen LogP contribution in [0, 0.1) is 0 Å². The van der Waals surface area contributed by atoms with E-state index in [2.05, 4.69) is 5.32 Å². The first-order valence-corrected chi connectivity index (χ1v) is 6.45. The van der Waals surface area contributed by atoms with Gasteiger partial charge in [-0.2, -0.15) is 0 Å². The van der Waals surface area contributed by atoms with Crippen molar-refractivity contribution in [3.05, 3.63) is 23.8 Å². The number of hydrogen-bond acceptors (Lipinski definition) is 4. The first kappa shape index (κ1) is 13.7. The van der Waals surface area contributed by atoms with Crippen molar-refractivity contribution in [2.75, 3.05) is 33.9 Å². The molecule has 5 nitrogen and oxygen atoms in total. The van der Waals surface area contributed by atoms with Gasteiger partial charge in [-0.3, -0.25) is 4.79 Å². The summed E-state index contributed by atoms with van der Waals surface area (Å²) in [5, 5.41) is 3.18. The zero-order chi connectivity index (χ0) is 13.8. The number of nitrogens with one attached hydrogen (secondary N) is 1. The van der Waals surface area contributed by atoms with E-state index in [-0.39, 0.29) is 5.91 Å². The summed E-state index contributed by atoms with van der Waals surface area (Å²) in [6.07, 6.45) is 0. The molecule has 0 atom stereocenters.